The molecule has 0 aliphatic carbocycles. The molecule has 1 atom stereocenters. The molecule has 1 unspecified atom stereocenters. The minimum atomic E-state index is -0.783. The molecular weight excluding hydrogens is 805 g/mol. The lowest BCUT2D eigenvalue weighted by molar-refractivity contribution is -0.167. The molecule has 0 aromatic carbocycles. The molecule has 0 saturated heterocycles. The minimum Gasteiger partial charge on any atom is -0.462 e. The van der Waals surface area contributed by atoms with Crippen LogP contribution < -0.4 is 0 Å². The van der Waals surface area contributed by atoms with Crippen molar-refractivity contribution in [3.63, 3.8) is 0 Å². The zero-order valence-electron chi connectivity index (χ0n) is 43.3. The van der Waals surface area contributed by atoms with Gasteiger partial charge in [0.2, 0.25) is 0 Å². The molecule has 0 aliphatic heterocycles. The van der Waals surface area contributed by atoms with Crippen LogP contribution in [0.2, 0.25) is 0 Å². The van der Waals surface area contributed by atoms with Crippen LogP contribution in [-0.2, 0) is 28.6 Å². The summed E-state index contributed by atoms with van der Waals surface area (Å²) in [5.41, 5.74) is 0. The molecule has 0 fully saturated rings. The Bertz CT molecular complexity index is 1140. The maximum Gasteiger partial charge on any atom is 0.306 e. The van der Waals surface area contributed by atoms with Gasteiger partial charge in [0.25, 0.3) is 0 Å². The third-order valence-corrected chi connectivity index (χ3v) is 12.3. The Morgan fingerprint density at radius 3 is 0.938 bits per heavy atom. The number of carbonyl (C=O) groups excluding carboxylic acids is 3. The van der Waals surface area contributed by atoms with Crippen molar-refractivity contribution >= 4 is 17.9 Å². The van der Waals surface area contributed by atoms with Crippen molar-refractivity contribution in [3.05, 3.63) is 48.6 Å². The van der Waals surface area contributed by atoms with Gasteiger partial charge in [0.15, 0.2) is 6.10 Å². The molecule has 0 N–H and O–H groups in total. The lowest BCUT2D eigenvalue weighted by atomic mass is 10.1. The number of hydrogen-bond donors (Lipinski definition) is 0. The monoisotopic (exact) mass is 911 g/mol. The highest BCUT2D eigenvalue weighted by Gasteiger charge is 2.19. The van der Waals surface area contributed by atoms with Gasteiger partial charge in [-0.2, -0.15) is 0 Å². The molecule has 0 heterocycles. The summed E-state index contributed by atoms with van der Waals surface area (Å²) in [6.45, 7) is 6.56. The van der Waals surface area contributed by atoms with Crippen LogP contribution in [0.25, 0.3) is 0 Å². The number of allylic oxidation sites excluding steroid dienone is 8. The van der Waals surface area contributed by atoms with Gasteiger partial charge in [0.1, 0.15) is 13.2 Å². The van der Waals surface area contributed by atoms with Crippen molar-refractivity contribution in [1.29, 1.82) is 0 Å². The van der Waals surface area contributed by atoms with Crippen LogP contribution in [0, 0.1) is 0 Å². The van der Waals surface area contributed by atoms with Gasteiger partial charge in [-0.05, 0) is 96.3 Å². The second kappa shape index (κ2) is 54.0. The third kappa shape index (κ3) is 52.2. The highest BCUT2D eigenvalue weighted by atomic mass is 16.6. The second-order valence-corrected chi connectivity index (χ2v) is 18.8. The average molecular weight is 911 g/mol. The number of hydrogen-bond acceptors (Lipinski definition) is 6. The van der Waals surface area contributed by atoms with E-state index >= 15 is 0 Å². The quantitative estimate of drug-likeness (QED) is 0.0262. The van der Waals surface area contributed by atoms with E-state index in [9.17, 15) is 14.4 Å². The molecule has 0 rings (SSSR count). The lowest BCUT2D eigenvalue weighted by Gasteiger charge is -2.18. The summed E-state index contributed by atoms with van der Waals surface area (Å²) in [4.78, 5) is 38.0. The largest absolute Gasteiger partial charge is 0.462 e. The first-order chi connectivity index (χ1) is 32.0. The fourth-order valence-electron chi connectivity index (χ4n) is 8.00. The fraction of sp³-hybridized carbons (Fsp3) is 0.814. The van der Waals surface area contributed by atoms with E-state index < -0.39 is 6.10 Å². The van der Waals surface area contributed by atoms with Crippen LogP contribution in [-0.4, -0.2) is 37.2 Å². The molecule has 65 heavy (non-hydrogen) atoms. The topological polar surface area (TPSA) is 78.9 Å². The summed E-state index contributed by atoms with van der Waals surface area (Å²) >= 11 is 0. The highest BCUT2D eigenvalue weighted by Crippen LogP contribution is 2.15. The predicted octanol–water partition coefficient (Wildman–Crippen LogP) is 18.7. The van der Waals surface area contributed by atoms with Gasteiger partial charge in [-0.3, -0.25) is 14.4 Å². The van der Waals surface area contributed by atoms with E-state index in [1.165, 1.54) is 154 Å². The zero-order valence-corrected chi connectivity index (χ0v) is 43.3. The smallest absolute Gasteiger partial charge is 0.306 e. The van der Waals surface area contributed by atoms with Crippen molar-refractivity contribution < 1.29 is 28.6 Å². The Hall–Kier alpha value is -2.63. The minimum absolute atomic E-state index is 0.0815. The van der Waals surface area contributed by atoms with Crippen LogP contribution in [0.4, 0.5) is 0 Å². The Kier molecular flexibility index (Phi) is 51.8. The summed E-state index contributed by atoms with van der Waals surface area (Å²) < 4.78 is 16.8. The first-order valence-corrected chi connectivity index (χ1v) is 28.1. The maximum absolute atomic E-state index is 12.8. The molecule has 0 aromatic heterocycles. The van der Waals surface area contributed by atoms with Crippen LogP contribution in [0.1, 0.15) is 290 Å². The molecule has 0 amide bonds. The lowest BCUT2D eigenvalue weighted by Crippen LogP contribution is -2.30. The average Bonchev–Trinajstić information content (AvgIpc) is 3.30. The SMILES string of the molecule is CCC/C=C\CCCCCCCC(=O)OCC(COC(=O)CCCCCCCCCCC/C=C\CCCCCCCCCC)OC(=O)CCCCCCC/C=C\C/C=C\CCCCCC. The van der Waals surface area contributed by atoms with Gasteiger partial charge < -0.3 is 14.2 Å². The van der Waals surface area contributed by atoms with E-state index in [1.54, 1.807) is 0 Å². The normalized spacial score (nSPS) is 12.4. The summed E-state index contributed by atoms with van der Waals surface area (Å²) in [5.74, 6) is -0.899. The standard InChI is InChI=1S/C59H106O6/c1-4-7-10-13-16-19-22-24-26-28-29-30-31-32-34-35-37-40-43-46-49-52-58(61)64-55-56(54-63-57(60)51-48-45-42-39-21-18-15-12-9-6-3)65-59(62)53-50-47-44-41-38-36-33-27-25-23-20-17-14-11-8-5-2/h12,15,20,23,27-29,33,56H,4-11,13-14,16-19,21-22,24-26,30-32,34-55H2,1-3H3/b15-12-,23-20-,29-28-,33-27-. The van der Waals surface area contributed by atoms with Gasteiger partial charge in [0.05, 0.1) is 0 Å². The number of rotatable bonds is 51. The maximum atomic E-state index is 12.8. The zero-order chi connectivity index (χ0) is 47.2. The summed E-state index contributed by atoms with van der Waals surface area (Å²) in [6, 6.07) is 0. The van der Waals surface area contributed by atoms with E-state index in [0.29, 0.717) is 19.3 Å². The molecular formula is C59H106O6. The number of esters is 3. The van der Waals surface area contributed by atoms with Gasteiger partial charge in [-0.25, -0.2) is 0 Å². The van der Waals surface area contributed by atoms with E-state index in [4.69, 9.17) is 14.2 Å². The van der Waals surface area contributed by atoms with E-state index in [0.717, 1.165) is 96.3 Å². The van der Waals surface area contributed by atoms with Crippen molar-refractivity contribution in [2.24, 2.45) is 0 Å². The Morgan fingerprint density at radius 2 is 0.585 bits per heavy atom. The van der Waals surface area contributed by atoms with E-state index in [-0.39, 0.29) is 31.1 Å². The Balaban J connectivity index is 4.29. The second-order valence-electron chi connectivity index (χ2n) is 18.8. The molecule has 6 nitrogen and oxygen atoms in total. The highest BCUT2D eigenvalue weighted by molar-refractivity contribution is 5.71. The molecule has 0 radical (unpaired) electrons. The van der Waals surface area contributed by atoms with Crippen molar-refractivity contribution in [2.75, 3.05) is 13.2 Å². The number of carbonyl (C=O) groups is 3. The molecule has 0 bridgehead atoms. The molecule has 0 spiro atoms. The van der Waals surface area contributed by atoms with Crippen LogP contribution in [0.15, 0.2) is 48.6 Å². The molecule has 0 aromatic rings. The number of unbranched alkanes of at least 4 members (excludes halogenated alkanes) is 32. The van der Waals surface area contributed by atoms with Crippen molar-refractivity contribution in [2.45, 2.75) is 297 Å². The first-order valence-electron chi connectivity index (χ1n) is 28.1. The Labute approximate surface area is 403 Å². The van der Waals surface area contributed by atoms with E-state index in [1.807, 2.05) is 0 Å². The van der Waals surface area contributed by atoms with E-state index in [2.05, 4.69) is 69.4 Å². The van der Waals surface area contributed by atoms with Crippen LogP contribution in [0.5, 0.6) is 0 Å². The van der Waals surface area contributed by atoms with Gasteiger partial charge in [-0.15, -0.1) is 0 Å². The fourth-order valence-corrected chi connectivity index (χ4v) is 8.00. The molecule has 0 saturated carbocycles. The summed E-state index contributed by atoms with van der Waals surface area (Å²) in [7, 11) is 0. The first kappa shape index (κ1) is 62.4. The van der Waals surface area contributed by atoms with Gasteiger partial charge >= 0.3 is 17.9 Å². The van der Waals surface area contributed by atoms with Crippen molar-refractivity contribution in [3.8, 4) is 0 Å². The van der Waals surface area contributed by atoms with Gasteiger partial charge in [0, 0.05) is 19.3 Å². The number of ether oxygens (including phenoxy) is 3. The third-order valence-electron chi connectivity index (χ3n) is 12.3. The molecule has 378 valence electrons. The Morgan fingerprint density at radius 1 is 0.308 bits per heavy atom. The molecule has 6 heteroatoms. The summed E-state index contributed by atoms with van der Waals surface area (Å²) in [5, 5.41) is 0. The molecule has 0 aliphatic rings. The predicted molar refractivity (Wildman–Crippen MR) is 279 cm³/mol. The summed E-state index contributed by atoms with van der Waals surface area (Å²) in [6.07, 6.45) is 65.4. The van der Waals surface area contributed by atoms with Crippen LogP contribution >= 0.6 is 0 Å². The van der Waals surface area contributed by atoms with Crippen LogP contribution in [0.3, 0.4) is 0 Å². The van der Waals surface area contributed by atoms with Crippen molar-refractivity contribution in [1.82, 2.24) is 0 Å². The van der Waals surface area contributed by atoms with Gasteiger partial charge in [-0.1, -0.05) is 223 Å².